The van der Waals surface area contributed by atoms with Crippen LogP contribution in [0.1, 0.15) is 17.9 Å². The van der Waals surface area contributed by atoms with Gasteiger partial charge in [0, 0.05) is 22.4 Å². The summed E-state index contributed by atoms with van der Waals surface area (Å²) < 4.78 is 2.42. The van der Waals surface area contributed by atoms with Crippen molar-refractivity contribution in [3.8, 4) is 39.1 Å². The van der Waals surface area contributed by atoms with Crippen LogP contribution in [0, 0.1) is 0 Å². The lowest BCUT2D eigenvalue weighted by molar-refractivity contribution is 0.924. The third kappa shape index (κ3) is 6.02. The Morgan fingerprint density at radius 1 is 0.284 bits per heavy atom. The fourth-order valence-corrected chi connectivity index (χ4v) is 11.5. The first-order valence-corrected chi connectivity index (χ1v) is 23.5. The molecule has 0 saturated heterocycles. The van der Waals surface area contributed by atoms with E-state index in [1.165, 1.54) is 125 Å². The van der Waals surface area contributed by atoms with Crippen molar-refractivity contribution in [1.82, 2.24) is 4.57 Å². The van der Waals surface area contributed by atoms with Gasteiger partial charge in [0.1, 0.15) is 0 Å². The number of rotatable bonds is 5. The second-order valence-electron chi connectivity index (χ2n) is 18.3. The molecule has 0 N–H and O–H groups in total. The maximum absolute atomic E-state index is 2.53. The average molecular weight is 850 g/mol. The average Bonchev–Trinajstić information content (AvgIpc) is 3.74. The predicted molar refractivity (Wildman–Crippen MR) is 287 cm³/mol. The van der Waals surface area contributed by atoms with Gasteiger partial charge >= 0.3 is 0 Å². The van der Waals surface area contributed by atoms with Gasteiger partial charge in [-0.2, -0.15) is 0 Å². The Balaban J connectivity index is 0.880. The van der Waals surface area contributed by atoms with E-state index in [0.29, 0.717) is 0 Å². The van der Waals surface area contributed by atoms with Crippen LogP contribution in [0.3, 0.4) is 0 Å². The molecule has 13 aromatic rings. The van der Waals surface area contributed by atoms with Gasteiger partial charge < -0.3 is 4.57 Å². The number of para-hydroxylation sites is 1. The molecule has 0 radical (unpaired) electrons. The second kappa shape index (κ2) is 15.0. The fourth-order valence-electron chi connectivity index (χ4n) is 11.5. The standard InChI is InChI=1S/C66H43N/c1-2-18-50(19-3-1)67-65-34-30-48(44-16-12-14-42(36-44)46-28-32-59-55-24-6-4-20-51(55)53-22-8-10-26-57(53)61(59)38-46)40-63(65)64-41-49(31-35-66(64)67)45-17-13-15-43(37-45)47-29-33-60-56-25-7-5-21-52(56)54-23-9-11-27-58(54)62(60)39-47/h1-28,30-41,47H,29H2. The van der Waals surface area contributed by atoms with E-state index in [9.17, 15) is 0 Å². The van der Waals surface area contributed by atoms with Crippen LogP contribution in [0.15, 0.2) is 231 Å². The molecule has 1 atom stereocenters. The van der Waals surface area contributed by atoms with Gasteiger partial charge in [-0.05, 0) is 158 Å². The molecule has 1 nitrogen and oxygen atoms in total. The monoisotopic (exact) mass is 849 g/mol. The smallest absolute Gasteiger partial charge is 0.0541 e. The van der Waals surface area contributed by atoms with Crippen molar-refractivity contribution in [1.29, 1.82) is 0 Å². The van der Waals surface area contributed by atoms with Gasteiger partial charge in [-0.15, -0.1) is 0 Å². The summed E-state index contributed by atoms with van der Waals surface area (Å²) in [7, 11) is 0. The molecule has 0 amide bonds. The van der Waals surface area contributed by atoms with E-state index in [2.05, 4.69) is 247 Å². The molecule has 0 saturated carbocycles. The number of fused-ring (bicyclic) bond motifs is 15. The topological polar surface area (TPSA) is 4.93 Å². The molecule has 1 aromatic heterocycles. The molecule has 312 valence electrons. The van der Waals surface area contributed by atoms with Crippen LogP contribution in [-0.4, -0.2) is 4.57 Å². The van der Waals surface area contributed by atoms with Crippen LogP contribution < -0.4 is 10.4 Å². The van der Waals surface area contributed by atoms with Crippen LogP contribution in [0.5, 0.6) is 0 Å². The predicted octanol–water partition coefficient (Wildman–Crippen LogP) is 16.3. The van der Waals surface area contributed by atoms with Gasteiger partial charge in [-0.25, -0.2) is 0 Å². The van der Waals surface area contributed by atoms with Crippen molar-refractivity contribution in [3.05, 3.63) is 247 Å². The first-order valence-electron chi connectivity index (χ1n) is 23.5. The summed E-state index contributed by atoms with van der Waals surface area (Å²) >= 11 is 0. The zero-order valence-electron chi connectivity index (χ0n) is 36.8. The molecule has 1 aliphatic rings. The first kappa shape index (κ1) is 37.8. The van der Waals surface area contributed by atoms with Crippen LogP contribution in [0.2, 0.25) is 0 Å². The molecule has 12 aromatic carbocycles. The zero-order valence-corrected chi connectivity index (χ0v) is 36.8. The van der Waals surface area contributed by atoms with E-state index in [-0.39, 0.29) is 5.92 Å². The highest BCUT2D eigenvalue weighted by atomic mass is 15.0. The Hall–Kier alpha value is -8.52. The van der Waals surface area contributed by atoms with Crippen molar-refractivity contribution in [2.45, 2.75) is 12.3 Å². The molecule has 0 aliphatic heterocycles. The Morgan fingerprint density at radius 3 is 1.28 bits per heavy atom. The zero-order chi connectivity index (χ0) is 44.0. The van der Waals surface area contributed by atoms with Crippen molar-refractivity contribution in [2.24, 2.45) is 0 Å². The summed E-state index contributed by atoms with van der Waals surface area (Å²) in [6, 6.07) is 85.6. The van der Waals surface area contributed by atoms with E-state index < -0.39 is 0 Å². The lowest BCUT2D eigenvalue weighted by Crippen LogP contribution is -2.30. The summed E-state index contributed by atoms with van der Waals surface area (Å²) in [4.78, 5) is 0. The number of aromatic nitrogens is 1. The minimum absolute atomic E-state index is 0.285. The molecule has 67 heavy (non-hydrogen) atoms. The van der Waals surface area contributed by atoms with E-state index >= 15 is 0 Å². The van der Waals surface area contributed by atoms with Crippen molar-refractivity contribution in [3.63, 3.8) is 0 Å². The highest BCUT2D eigenvalue weighted by Crippen LogP contribution is 2.41. The highest BCUT2D eigenvalue weighted by Gasteiger charge is 2.18. The van der Waals surface area contributed by atoms with Crippen molar-refractivity contribution in [2.75, 3.05) is 0 Å². The van der Waals surface area contributed by atoms with Gasteiger partial charge in [0.05, 0.1) is 11.0 Å². The molecule has 1 unspecified atom stereocenters. The number of benzene rings is 12. The van der Waals surface area contributed by atoms with Gasteiger partial charge in [0.25, 0.3) is 0 Å². The van der Waals surface area contributed by atoms with Crippen LogP contribution in [0.25, 0.3) is 127 Å². The maximum Gasteiger partial charge on any atom is 0.0541 e. The Bertz CT molecular complexity index is 4270. The normalized spacial score (nSPS) is 13.7. The van der Waals surface area contributed by atoms with Crippen LogP contribution >= 0.6 is 0 Å². The summed E-state index contributed by atoms with van der Waals surface area (Å²) in [5.74, 6) is 0.285. The van der Waals surface area contributed by atoms with Gasteiger partial charge in [0.15, 0.2) is 0 Å². The molecule has 0 fully saturated rings. The highest BCUT2D eigenvalue weighted by molar-refractivity contribution is 6.25. The summed E-state index contributed by atoms with van der Waals surface area (Å²) in [5.41, 5.74) is 12.2. The molecule has 1 heteroatoms. The molecule has 1 aliphatic carbocycles. The Kier molecular flexibility index (Phi) is 8.48. The molecule has 0 bridgehead atoms. The summed E-state index contributed by atoms with van der Waals surface area (Å²) in [6.45, 7) is 0. The Labute approximate surface area is 388 Å². The number of hydrogen-bond acceptors (Lipinski definition) is 0. The van der Waals surface area contributed by atoms with E-state index in [0.717, 1.165) is 12.1 Å². The Morgan fingerprint density at radius 2 is 0.701 bits per heavy atom. The number of hydrogen-bond donors (Lipinski definition) is 0. The minimum Gasteiger partial charge on any atom is -0.309 e. The molecular formula is C66H43N. The van der Waals surface area contributed by atoms with Crippen LogP contribution in [-0.2, 0) is 0 Å². The van der Waals surface area contributed by atoms with Gasteiger partial charge in [-0.3, -0.25) is 0 Å². The van der Waals surface area contributed by atoms with Crippen molar-refractivity contribution >= 4 is 87.8 Å². The SMILES string of the molecule is C1=c2c(c3ccccc3c3ccccc23)=CC(c2cccc(-c3ccc4c(c3)c3cc(-c5cccc(-c6ccc7c8ccccc8c8ccccc8c7c6)c5)ccc3n4-c3ccccc3)c2)C1. The summed E-state index contributed by atoms with van der Waals surface area (Å²) in [5, 5.41) is 18.3. The third-order valence-corrected chi connectivity index (χ3v) is 14.7. The molecule has 1 heterocycles. The summed E-state index contributed by atoms with van der Waals surface area (Å²) in [6.07, 6.45) is 5.98. The fraction of sp³-hybridized carbons (Fsp3) is 0.0303. The minimum atomic E-state index is 0.285. The van der Waals surface area contributed by atoms with E-state index in [1.54, 1.807) is 0 Å². The second-order valence-corrected chi connectivity index (χ2v) is 18.3. The lowest BCUT2D eigenvalue weighted by atomic mass is 9.86. The lowest BCUT2D eigenvalue weighted by Gasteiger charge is -2.18. The van der Waals surface area contributed by atoms with E-state index in [1.807, 2.05) is 0 Å². The largest absolute Gasteiger partial charge is 0.309 e. The molecular weight excluding hydrogens is 807 g/mol. The van der Waals surface area contributed by atoms with E-state index in [4.69, 9.17) is 0 Å². The number of nitrogens with zero attached hydrogens (tertiary/aromatic N) is 1. The molecule has 0 spiro atoms. The maximum atomic E-state index is 2.53. The third-order valence-electron chi connectivity index (χ3n) is 14.7. The molecule has 14 rings (SSSR count). The quantitative estimate of drug-likeness (QED) is 0.152. The first-order chi connectivity index (χ1) is 33.2. The van der Waals surface area contributed by atoms with Crippen LogP contribution in [0.4, 0.5) is 0 Å². The van der Waals surface area contributed by atoms with Crippen molar-refractivity contribution < 1.29 is 0 Å². The van der Waals surface area contributed by atoms with Gasteiger partial charge in [0.2, 0.25) is 0 Å². The van der Waals surface area contributed by atoms with Gasteiger partial charge in [-0.1, -0.05) is 194 Å².